The molecule has 1 aromatic heterocycles. The van der Waals surface area contributed by atoms with E-state index >= 15 is 0 Å². The average molecular weight is 410 g/mol. The van der Waals surface area contributed by atoms with Gasteiger partial charge in [-0.15, -0.1) is 11.3 Å². The molecular weight excluding hydrogens is 396 g/mol. The highest BCUT2D eigenvalue weighted by Gasteiger charge is 2.14. The Hall–Kier alpha value is -2.51. The molecule has 2 aromatic carbocycles. The van der Waals surface area contributed by atoms with E-state index in [0.717, 1.165) is 27.1 Å². The van der Waals surface area contributed by atoms with Crippen molar-refractivity contribution in [3.63, 3.8) is 0 Å². The van der Waals surface area contributed by atoms with E-state index in [1.165, 1.54) is 11.3 Å². The molecule has 1 amide bonds. The second kappa shape index (κ2) is 8.45. The third kappa shape index (κ3) is 4.61. The van der Waals surface area contributed by atoms with Gasteiger partial charge < -0.3 is 10.1 Å². The lowest BCUT2D eigenvalue weighted by atomic mass is 10.2. The standard InChI is InChI=1S/C19H14ClF2NO3S/c20-18-13-3-1-2-4-15(13)27-16(18)10-26-17(24)7-8-23-19(25)12-6-5-11(21)9-14(12)22/h1-6,9H,7-8,10H2,(H,23,25). The normalized spacial score (nSPS) is 10.8. The molecule has 0 saturated heterocycles. The molecule has 4 nitrogen and oxygen atoms in total. The van der Waals surface area contributed by atoms with Crippen LogP contribution in [0.4, 0.5) is 8.78 Å². The van der Waals surface area contributed by atoms with Gasteiger partial charge in [0.1, 0.15) is 18.2 Å². The monoisotopic (exact) mass is 409 g/mol. The predicted molar refractivity (Wildman–Crippen MR) is 99.9 cm³/mol. The van der Waals surface area contributed by atoms with Gasteiger partial charge in [0.25, 0.3) is 5.91 Å². The number of thiophene rings is 1. The molecule has 1 N–H and O–H groups in total. The zero-order chi connectivity index (χ0) is 19.4. The number of benzene rings is 2. The summed E-state index contributed by atoms with van der Waals surface area (Å²) in [5.74, 6) is -2.99. The maximum absolute atomic E-state index is 13.5. The van der Waals surface area contributed by atoms with Crippen molar-refractivity contribution in [1.29, 1.82) is 0 Å². The van der Waals surface area contributed by atoms with Crippen LogP contribution in [-0.2, 0) is 16.1 Å². The van der Waals surface area contributed by atoms with E-state index in [-0.39, 0.29) is 25.1 Å². The van der Waals surface area contributed by atoms with E-state index in [0.29, 0.717) is 11.1 Å². The smallest absolute Gasteiger partial charge is 0.307 e. The van der Waals surface area contributed by atoms with Crippen molar-refractivity contribution in [3.05, 3.63) is 69.6 Å². The molecule has 3 rings (SSSR count). The first-order valence-electron chi connectivity index (χ1n) is 8.00. The SMILES string of the molecule is O=C(CCNC(=O)c1ccc(F)cc1F)OCc1sc2ccccc2c1Cl. The van der Waals surface area contributed by atoms with Crippen LogP contribution < -0.4 is 5.32 Å². The van der Waals surface area contributed by atoms with Crippen LogP contribution in [0, 0.1) is 11.6 Å². The summed E-state index contributed by atoms with van der Waals surface area (Å²) in [6.07, 6.45) is -0.0862. The van der Waals surface area contributed by atoms with Gasteiger partial charge in [-0.1, -0.05) is 29.8 Å². The highest BCUT2D eigenvalue weighted by atomic mass is 35.5. The summed E-state index contributed by atoms with van der Waals surface area (Å²) in [4.78, 5) is 24.4. The largest absolute Gasteiger partial charge is 0.460 e. The summed E-state index contributed by atoms with van der Waals surface area (Å²) < 4.78 is 32.5. The van der Waals surface area contributed by atoms with Gasteiger partial charge in [-0.3, -0.25) is 9.59 Å². The lowest BCUT2D eigenvalue weighted by molar-refractivity contribution is -0.144. The topological polar surface area (TPSA) is 55.4 Å². The minimum Gasteiger partial charge on any atom is -0.460 e. The highest BCUT2D eigenvalue weighted by Crippen LogP contribution is 2.35. The van der Waals surface area contributed by atoms with E-state index < -0.39 is 23.5 Å². The summed E-state index contributed by atoms with van der Waals surface area (Å²) >= 11 is 7.72. The van der Waals surface area contributed by atoms with Crippen molar-refractivity contribution < 1.29 is 23.1 Å². The van der Waals surface area contributed by atoms with Gasteiger partial charge in [0.15, 0.2) is 0 Å². The van der Waals surface area contributed by atoms with Crippen molar-refractivity contribution in [2.24, 2.45) is 0 Å². The fourth-order valence-corrected chi connectivity index (χ4v) is 3.82. The van der Waals surface area contributed by atoms with Gasteiger partial charge in [0.05, 0.1) is 21.9 Å². The molecule has 0 saturated carbocycles. The van der Waals surface area contributed by atoms with Crippen molar-refractivity contribution in [1.82, 2.24) is 5.32 Å². The van der Waals surface area contributed by atoms with Gasteiger partial charge in [0, 0.05) is 22.7 Å². The number of hydrogen-bond acceptors (Lipinski definition) is 4. The van der Waals surface area contributed by atoms with Gasteiger partial charge in [-0.25, -0.2) is 8.78 Å². The lowest BCUT2D eigenvalue weighted by Crippen LogP contribution is -2.27. The highest BCUT2D eigenvalue weighted by molar-refractivity contribution is 7.19. The first-order chi connectivity index (χ1) is 13.0. The maximum Gasteiger partial charge on any atom is 0.307 e. The van der Waals surface area contributed by atoms with E-state index in [1.54, 1.807) is 0 Å². The number of amides is 1. The molecule has 0 bridgehead atoms. The van der Waals surface area contributed by atoms with Crippen LogP contribution in [0.5, 0.6) is 0 Å². The van der Waals surface area contributed by atoms with Crippen LogP contribution >= 0.6 is 22.9 Å². The third-order valence-electron chi connectivity index (χ3n) is 3.76. The molecule has 0 aliphatic heterocycles. The fourth-order valence-electron chi connectivity index (χ4n) is 2.42. The van der Waals surface area contributed by atoms with Crippen LogP contribution in [0.1, 0.15) is 21.7 Å². The molecule has 0 radical (unpaired) electrons. The quantitative estimate of drug-likeness (QED) is 0.600. The number of carbonyl (C=O) groups excluding carboxylic acids is 2. The van der Waals surface area contributed by atoms with E-state index in [1.807, 2.05) is 24.3 Å². The maximum atomic E-state index is 13.5. The number of hydrogen-bond donors (Lipinski definition) is 1. The number of fused-ring (bicyclic) bond motifs is 1. The average Bonchev–Trinajstić information content (AvgIpc) is 2.96. The molecule has 0 fully saturated rings. The zero-order valence-electron chi connectivity index (χ0n) is 13.9. The van der Waals surface area contributed by atoms with E-state index in [9.17, 15) is 18.4 Å². The predicted octanol–water partition coefficient (Wildman–Crippen LogP) is 4.70. The Labute approximate surface area is 162 Å². The van der Waals surface area contributed by atoms with Crippen LogP contribution in [0.15, 0.2) is 42.5 Å². The van der Waals surface area contributed by atoms with Gasteiger partial charge in [-0.05, 0) is 18.2 Å². The summed E-state index contributed by atoms with van der Waals surface area (Å²) in [5, 5.41) is 3.86. The molecule has 1 heterocycles. The van der Waals surface area contributed by atoms with Crippen LogP contribution in [-0.4, -0.2) is 18.4 Å². The van der Waals surface area contributed by atoms with E-state index in [2.05, 4.69) is 5.32 Å². The number of esters is 1. The second-order valence-electron chi connectivity index (χ2n) is 5.63. The summed E-state index contributed by atoms with van der Waals surface area (Å²) in [6.45, 7) is 0.00613. The zero-order valence-corrected chi connectivity index (χ0v) is 15.5. The van der Waals surface area contributed by atoms with Crippen LogP contribution in [0.3, 0.4) is 0 Å². The molecule has 0 unspecified atom stereocenters. The Morgan fingerprint density at radius 2 is 1.93 bits per heavy atom. The third-order valence-corrected chi connectivity index (χ3v) is 5.44. The number of nitrogens with one attached hydrogen (secondary N) is 1. The minimum atomic E-state index is -0.963. The van der Waals surface area contributed by atoms with Crippen molar-refractivity contribution in [3.8, 4) is 0 Å². The molecule has 0 spiro atoms. The Morgan fingerprint density at radius 3 is 2.67 bits per heavy atom. The van der Waals surface area contributed by atoms with Gasteiger partial charge >= 0.3 is 5.97 Å². The summed E-state index contributed by atoms with van der Waals surface area (Å²) in [6, 6.07) is 10.3. The minimum absolute atomic E-state index is 0.0331. The lowest BCUT2D eigenvalue weighted by Gasteiger charge is -2.07. The molecule has 8 heteroatoms. The fraction of sp³-hybridized carbons (Fsp3) is 0.158. The van der Waals surface area contributed by atoms with E-state index in [4.69, 9.17) is 16.3 Å². The van der Waals surface area contributed by atoms with Crippen molar-refractivity contribution in [2.75, 3.05) is 6.54 Å². The van der Waals surface area contributed by atoms with Gasteiger partial charge in [-0.2, -0.15) is 0 Å². The van der Waals surface area contributed by atoms with Gasteiger partial charge in [0.2, 0.25) is 0 Å². The van der Waals surface area contributed by atoms with Crippen molar-refractivity contribution >= 4 is 44.9 Å². The number of halogens is 3. The molecule has 3 aromatic rings. The number of carbonyl (C=O) groups is 2. The second-order valence-corrected chi connectivity index (χ2v) is 7.14. The van der Waals surface area contributed by atoms with Crippen LogP contribution in [0.25, 0.3) is 10.1 Å². The molecule has 140 valence electrons. The summed E-state index contributed by atoms with van der Waals surface area (Å²) in [5.41, 5.74) is -0.290. The van der Waals surface area contributed by atoms with Crippen LogP contribution in [0.2, 0.25) is 5.02 Å². The number of ether oxygens (including phenoxy) is 1. The molecular formula is C19H14ClF2NO3S. The molecule has 0 atom stereocenters. The number of rotatable bonds is 6. The first kappa shape index (κ1) is 19.3. The Morgan fingerprint density at radius 1 is 1.15 bits per heavy atom. The Balaban J connectivity index is 1.48. The Kier molecular flexibility index (Phi) is 6.03. The molecule has 0 aliphatic rings. The Bertz CT molecular complexity index is 1010. The van der Waals surface area contributed by atoms with Crippen molar-refractivity contribution in [2.45, 2.75) is 13.0 Å². The summed E-state index contributed by atoms with van der Waals surface area (Å²) in [7, 11) is 0. The molecule has 0 aliphatic carbocycles. The first-order valence-corrected chi connectivity index (χ1v) is 9.20. The molecule has 27 heavy (non-hydrogen) atoms.